The van der Waals surface area contributed by atoms with E-state index in [0.717, 1.165) is 16.5 Å². The molecule has 1 aromatic rings. The van der Waals surface area contributed by atoms with Gasteiger partial charge in [-0.1, -0.05) is 15.9 Å². The maximum Gasteiger partial charge on any atom is 0.162 e. The van der Waals surface area contributed by atoms with Crippen molar-refractivity contribution < 1.29 is 17.9 Å². The van der Waals surface area contributed by atoms with Gasteiger partial charge in [-0.3, -0.25) is 0 Å². The van der Waals surface area contributed by atoms with E-state index >= 15 is 0 Å². The van der Waals surface area contributed by atoms with Gasteiger partial charge in [0.15, 0.2) is 21.3 Å². The predicted molar refractivity (Wildman–Crippen MR) is 85.1 cm³/mol. The van der Waals surface area contributed by atoms with Gasteiger partial charge < -0.3 is 9.47 Å². The summed E-state index contributed by atoms with van der Waals surface area (Å²) < 4.78 is 35.4. The third-order valence-electron chi connectivity index (χ3n) is 3.85. The van der Waals surface area contributed by atoms with Crippen molar-refractivity contribution in [3.8, 4) is 11.5 Å². The number of ether oxygens (including phenoxy) is 2. The van der Waals surface area contributed by atoms with Gasteiger partial charge in [0.25, 0.3) is 0 Å². The molecule has 0 amide bonds. The average molecular weight is 396 g/mol. The molecule has 116 valence electrons. The molecule has 4 nitrogen and oxygen atoms in total. The fourth-order valence-electron chi connectivity index (χ4n) is 2.72. The second-order valence-electron chi connectivity index (χ2n) is 5.44. The summed E-state index contributed by atoms with van der Waals surface area (Å²) in [6.45, 7) is 1.24. The van der Waals surface area contributed by atoms with Crippen LogP contribution in [0.15, 0.2) is 16.6 Å². The van der Waals surface area contributed by atoms with Crippen molar-refractivity contribution in [2.45, 2.75) is 18.2 Å². The quantitative estimate of drug-likeness (QED) is 0.721. The number of sulfone groups is 1. The van der Waals surface area contributed by atoms with Crippen molar-refractivity contribution in [2.24, 2.45) is 5.92 Å². The molecule has 0 spiro atoms. The van der Waals surface area contributed by atoms with Crippen molar-refractivity contribution in [3.05, 3.63) is 22.2 Å². The Morgan fingerprint density at radius 1 is 1.24 bits per heavy atom. The minimum absolute atomic E-state index is 0.0577. The Labute approximate surface area is 137 Å². The summed E-state index contributed by atoms with van der Waals surface area (Å²) in [5.74, 6) is 1.70. The molecule has 1 fully saturated rings. The Bertz CT molecular complexity index is 647. The van der Waals surface area contributed by atoms with E-state index in [-0.39, 0.29) is 22.8 Å². The van der Waals surface area contributed by atoms with Crippen molar-refractivity contribution in [1.29, 1.82) is 0 Å². The summed E-state index contributed by atoms with van der Waals surface area (Å²) in [6.07, 6.45) is 1.45. The monoisotopic (exact) mass is 394 g/mol. The number of hydrogen-bond acceptors (Lipinski definition) is 4. The number of hydrogen-bond donors (Lipinski definition) is 0. The van der Waals surface area contributed by atoms with E-state index in [9.17, 15) is 8.42 Å². The van der Waals surface area contributed by atoms with Crippen LogP contribution in [0.25, 0.3) is 0 Å². The van der Waals surface area contributed by atoms with Gasteiger partial charge in [-0.25, -0.2) is 8.42 Å². The summed E-state index contributed by atoms with van der Waals surface area (Å²) >= 11 is 10.0. The molecule has 1 saturated heterocycles. The van der Waals surface area contributed by atoms with Crippen LogP contribution in [-0.2, 0) is 9.84 Å². The SMILES string of the molecule is O=S1(=O)CCC(C(Cl)c2cc3c(cc2Br)OCCCO3)C1. The van der Waals surface area contributed by atoms with Crippen molar-refractivity contribution >= 4 is 37.4 Å². The maximum absolute atomic E-state index is 11.6. The van der Waals surface area contributed by atoms with Gasteiger partial charge in [-0.05, 0) is 30.0 Å². The van der Waals surface area contributed by atoms with Crippen LogP contribution in [-0.4, -0.2) is 33.1 Å². The van der Waals surface area contributed by atoms with E-state index in [0.29, 0.717) is 31.1 Å². The van der Waals surface area contributed by atoms with Crippen LogP contribution in [0.3, 0.4) is 0 Å². The Hall–Kier alpha value is -0.460. The van der Waals surface area contributed by atoms with Gasteiger partial charge in [0.1, 0.15) is 0 Å². The lowest BCUT2D eigenvalue weighted by atomic mass is 9.98. The lowest BCUT2D eigenvalue weighted by molar-refractivity contribution is 0.297. The van der Waals surface area contributed by atoms with Crippen molar-refractivity contribution in [2.75, 3.05) is 24.7 Å². The predicted octanol–water partition coefficient (Wildman–Crippen LogP) is 3.33. The van der Waals surface area contributed by atoms with Gasteiger partial charge >= 0.3 is 0 Å². The molecular weight excluding hydrogens is 380 g/mol. The van der Waals surface area contributed by atoms with E-state index in [1.54, 1.807) is 0 Å². The fourth-order valence-corrected chi connectivity index (χ4v) is 5.76. The van der Waals surface area contributed by atoms with Gasteiger partial charge in [0.05, 0.1) is 30.1 Å². The van der Waals surface area contributed by atoms with Crippen LogP contribution in [0.5, 0.6) is 11.5 Å². The highest BCUT2D eigenvalue weighted by Crippen LogP contribution is 2.44. The molecule has 0 saturated carbocycles. The zero-order valence-corrected chi connectivity index (χ0v) is 14.5. The zero-order chi connectivity index (χ0) is 15.0. The minimum Gasteiger partial charge on any atom is -0.490 e. The van der Waals surface area contributed by atoms with E-state index < -0.39 is 9.84 Å². The van der Waals surface area contributed by atoms with Crippen LogP contribution in [0, 0.1) is 5.92 Å². The first-order chi connectivity index (χ1) is 9.96. The first kappa shape index (κ1) is 15.4. The van der Waals surface area contributed by atoms with Crippen molar-refractivity contribution in [1.82, 2.24) is 0 Å². The lowest BCUT2D eigenvalue weighted by Gasteiger charge is -2.19. The molecule has 0 radical (unpaired) electrons. The minimum atomic E-state index is -2.94. The molecule has 3 rings (SSSR count). The Morgan fingerprint density at radius 3 is 2.52 bits per heavy atom. The molecule has 0 aliphatic carbocycles. The number of alkyl halides is 1. The summed E-state index contributed by atoms with van der Waals surface area (Å²) in [6, 6.07) is 3.72. The summed E-state index contributed by atoms with van der Waals surface area (Å²) in [5, 5.41) is -0.353. The largest absolute Gasteiger partial charge is 0.490 e. The average Bonchev–Trinajstić information content (AvgIpc) is 2.66. The summed E-state index contributed by atoms with van der Waals surface area (Å²) in [7, 11) is -2.94. The first-order valence-corrected chi connectivity index (χ1v) is 9.95. The third kappa shape index (κ3) is 3.32. The molecule has 2 heterocycles. The maximum atomic E-state index is 11.6. The highest BCUT2D eigenvalue weighted by Gasteiger charge is 2.34. The second kappa shape index (κ2) is 5.97. The lowest BCUT2D eigenvalue weighted by Crippen LogP contribution is -2.11. The molecular formula is C14H16BrClO4S. The third-order valence-corrected chi connectivity index (χ3v) is 6.92. The van der Waals surface area contributed by atoms with E-state index in [4.69, 9.17) is 21.1 Å². The van der Waals surface area contributed by atoms with E-state index in [2.05, 4.69) is 15.9 Å². The molecule has 0 bridgehead atoms. The van der Waals surface area contributed by atoms with Gasteiger partial charge in [0.2, 0.25) is 0 Å². The molecule has 0 aromatic heterocycles. The summed E-state index contributed by atoms with van der Waals surface area (Å²) in [4.78, 5) is 0. The van der Waals surface area contributed by atoms with Crippen molar-refractivity contribution in [3.63, 3.8) is 0 Å². The van der Waals surface area contributed by atoms with Crippen LogP contribution < -0.4 is 9.47 Å². The number of benzene rings is 1. The number of halogens is 2. The molecule has 1 aromatic carbocycles. The zero-order valence-electron chi connectivity index (χ0n) is 11.3. The van der Waals surface area contributed by atoms with Gasteiger partial charge in [-0.15, -0.1) is 11.6 Å². The molecule has 2 aliphatic heterocycles. The van der Waals surface area contributed by atoms with Crippen LogP contribution in [0.2, 0.25) is 0 Å². The molecule has 2 aliphatic rings. The highest BCUT2D eigenvalue weighted by atomic mass is 79.9. The molecule has 7 heteroatoms. The molecule has 2 atom stereocenters. The van der Waals surface area contributed by atoms with Crippen LogP contribution >= 0.6 is 27.5 Å². The standard InChI is InChI=1S/C14H16BrClO4S/c15-11-7-13-12(19-3-1-4-20-13)6-10(11)14(16)9-2-5-21(17,18)8-9/h6-7,9,14H,1-5,8H2. The van der Waals surface area contributed by atoms with E-state index in [1.165, 1.54) is 0 Å². The Kier molecular flexibility index (Phi) is 4.39. The first-order valence-electron chi connectivity index (χ1n) is 6.90. The smallest absolute Gasteiger partial charge is 0.162 e. The van der Waals surface area contributed by atoms with Gasteiger partial charge in [-0.2, -0.15) is 0 Å². The topological polar surface area (TPSA) is 52.6 Å². The number of rotatable bonds is 2. The fraction of sp³-hybridized carbons (Fsp3) is 0.571. The van der Waals surface area contributed by atoms with Crippen LogP contribution in [0.4, 0.5) is 0 Å². The number of fused-ring (bicyclic) bond motifs is 1. The summed E-state index contributed by atoms with van der Waals surface area (Å²) in [5.41, 5.74) is 0.864. The Balaban J connectivity index is 1.90. The normalized spacial score (nSPS) is 25.3. The van der Waals surface area contributed by atoms with E-state index in [1.807, 2.05) is 12.1 Å². The second-order valence-corrected chi connectivity index (χ2v) is 8.99. The highest BCUT2D eigenvalue weighted by molar-refractivity contribution is 9.10. The molecule has 21 heavy (non-hydrogen) atoms. The molecule has 0 N–H and O–H groups in total. The molecule has 2 unspecified atom stereocenters. The Morgan fingerprint density at radius 2 is 1.90 bits per heavy atom. The van der Waals surface area contributed by atoms with Crippen LogP contribution in [0.1, 0.15) is 23.8 Å². The van der Waals surface area contributed by atoms with Gasteiger partial charge in [0, 0.05) is 10.9 Å².